The second kappa shape index (κ2) is 8.77. The third-order valence-electron chi connectivity index (χ3n) is 4.25. The van der Waals surface area contributed by atoms with Crippen molar-refractivity contribution in [3.8, 4) is 5.75 Å². The molecule has 1 saturated carbocycles. The summed E-state index contributed by atoms with van der Waals surface area (Å²) in [6.45, 7) is -0.0608. The maximum atomic E-state index is 12.8. The molecule has 9 heteroatoms. The summed E-state index contributed by atoms with van der Waals surface area (Å²) in [5.41, 5.74) is -0.861. The molecule has 0 saturated heterocycles. The molecule has 0 aliphatic heterocycles. The lowest BCUT2D eigenvalue weighted by Crippen LogP contribution is -2.45. The van der Waals surface area contributed by atoms with E-state index in [0.717, 1.165) is 6.07 Å². The van der Waals surface area contributed by atoms with Crippen LogP contribution in [0.4, 0.5) is 18.0 Å². The van der Waals surface area contributed by atoms with Gasteiger partial charge in [-0.25, -0.2) is 4.79 Å². The molecule has 0 unspecified atom stereocenters. The first kappa shape index (κ1) is 19.9. The standard InChI is InChI=1S/C17H21F3N2O4/c18-17(19,20)13-3-1-2-4-14(13)26-10-9-21-16(25)22-12-7-5-11(6-8-12)15(23)24/h1-4,11-12H,5-10H2,(H,23,24)(H2,21,22,25). The molecular formula is C17H21F3N2O4. The quantitative estimate of drug-likeness (QED) is 0.668. The van der Waals surface area contributed by atoms with Gasteiger partial charge in [-0.2, -0.15) is 13.2 Å². The fourth-order valence-corrected chi connectivity index (χ4v) is 2.87. The van der Waals surface area contributed by atoms with Crippen LogP contribution in [0.25, 0.3) is 0 Å². The van der Waals surface area contributed by atoms with Gasteiger partial charge in [-0.05, 0) is 37.8 Å². The second-order valence-corrected chi connectivity index (χ2v) is 6.13. The zero-order valence-corrected chi connectivity index (χ0v) is 14.0. The molecule has 1 fully saturated rings. The first-order valence-electron chi connectivity index (χ1n) is 8.33. The molecule has 26 heavy (non-hydrogen) atoms. The van der Waals surface area contributed by atoms with E-state index in [9.17, 15) is 22.8 Å². The number of benzene rings is 1. The van der Waals surface area contributed by atoms with Crippen molar-refractivity contribution in [2.45, 2.75) is 37.9 Å². The second-order valence-electron chi connectivity index (χ2n) is 6.13. The van der Waals surface area contributed by atoms with Crippen molar-refractivity contribution in [3.63, 3.8) is 0 Å². The van der Waals surface area contributed by atoms with Crippen molar-refractivity contribution >= 4 is 12.0 Å². The van der Waals surface area contributed by atoms with Gasteiger partial charge in [0.2, 0.25) is 0 Å². The van der Waals surface area contributed by atoms with E-state index in [-0.39, 0.29) is 30.9 Å². The Balaban J connectivity index is 1.69. The van der Waals surface area contributed by atoms with Crippen LogP contribution in [0.2, 0.25) is 0 Å². The highest BCUT2D eigenvalue weighted by Crippen LogP contribution is 2.35. The summed E-state index contributed by atoms with van der Waals surface area (Å²) >= 11 is 0. The van der Waals surface area contributed by atoms with Gasteiger partial charge in [0.1, 0.15) is 12.4 Å². The van der Waals surface area contributed by atoms with Gasteiger partial charge < -0.3 is 20.5 Å². The number of hydrogen-bond acceptors (Lipinski definition) is 3. The molecule has 144 valence electrons. The van der Waals surface area contributed by atoms with Gasteiger partial charge in [-0.3, -0.25) is 4.79 Å². The molecule has 3 N–H and O–H groups in total. The third-order valence-corrected chi connectivity index (χ3v) is 4.25. The summed E-state index contributed by atoms with van der Waals surface area (Å²) in [5.74, 6) is -1.46. The number of nitrogens with one attached hydrogen (secondary N) is 2. The molecule has 6 nitrogen and oxygen atoms in total. The zero-order chi connectivity index (χ0) is 19.2. The molecule has 0 radical (unpaired) electrons. The summed E-state index contributed by atoms with van der Waals surface area (Å²) in [6, 6.07) is 4.33. The van der Waals surface area contributed by atoms with E-state index >= 15 is 0 Å². The van der Waals surface area contributed by atoms with Gasteiger partial charge in [0, 0.05) is 6.04 Å². The lowest BCUT2D eigenvalue weighted by Gasteiger charge is -2.26. The summed E-state index contributed by atoms with van der Waals surface area (Å²) in [7, 11) is 0. The van der Waals surface area contributed by atoms with Crippen LogP contribution in [0, 0.1) is 5.92 Å². The van der Waals surface area contributed by atoms with Crippen molar-refractivity contribution < 1.29 is 32.6 Å². The number of hydrogen-bond donors (Lipinski definition) is 3. The molecule has 0 aromatic heterocycles. The van der Waals surface area contributed by atoms with Gasteiger partial charge in [-0.15, -0.1) is 0 Å². The van der Waals surface area contributed by atoms with Crippen molar-refractivity contribution in [2.24, 2.45) is 5.92 Å². The number of carbonyl (C=O) groups is 2. The van der Waals surface area contributed by atoms with Crippen LogP contribution in [0.5, 0.6) is 5.75 Å². The Kier molecular flexibility index (Phi) is 6.70. The largest absolute Gasteiger partial charge is 0.491 e. The van der Waals surface area contributed by atoms with Crippen LogP contribution in [0.3, 0.4) is 0 Å². The Morgan fingerprint density at radius 2 is 1.81 bits per heavy atom. The van der Waals surface area contributed by atoms with Crippen LogP contribution in [-0.2, 0) is 11.0 Å². The Hall–Kier alpha value is -2.45. The molecule has 2 amide bonds. The Morgan fingerprint density at radius 1 is 1.15 bits per heavy atom. The SMILES string of the molecule is O=C(NCCOc1ccccc1C(F)(F)F)NC1CCC(C(=O)O)CC1. The minimum atomic E-state index is -4.50. The van der Waals surface area contributed by atoms with E-state index in [1.54, 1.807) is 0 Å². The van der Waals surface area contributed by atoms with Crippen molar-refractivity contribution in [1.29, 1.82) is 0 Å². The van der Waals surface area contributed by atoms with Crippen molar-refractivity contribution in [1.82, 2.24) is 10.6 Å². The van der Waals surface area contributed by atoms with E-state index in [0.29, 0.717) is 25.7 Å². The molecule has 2 rings (SSSR count). The number of carbonyl (C=O) groups excluding carboxylic acids is 1. The van der Waals surface area contributed by atoms with Crippen LogP contribution < -0.4 is 15.4 Å². The van der Waals surface area contributed by atoms with Crippen LogP contribution in [0.15, 0.2) is 24.3 Å². The van der Waals surface area contributed by atoms with Crippen LogP contribution in [0.1, 0.15) is 31.2 Å². The topological polar surface area (TPSA) is 87.7 Å². The molecular weight excluding hydrogens is 353 g/mol. The number of alkyl halides is 3. The van der Waals surface area contributed by atoms with Gasteiger partial charge in [0.25, 0.3) is 0 Å². The molecule has 1 aliphatic rings. The van der Waals surface area contributed by atoms with Crippen LogP contribution in [-0.4, -0.2) is 36.3 Å². The monoisotopic (exact) mass is 374 g/mol. The molecule has 1 aromatic rings. The third kappa shape index (κ3) is 5.82. The smallest absolute Gasteiger partial charge is 0.419 e. The predicted molar refractivity (Wildman–Crippen MR) is 86.9 cm³/mol. The van der Waals surface area contributed by atoms with Gasteiger partial charge >= 0.3 is 18.2 Å². The van der Waals surface area contributed by atoms with Gasteiger partial charge in [0.05, 0.1) is 18.0 Å². The highest BCUT2D eigenvalue weighted by Gasteiger charge is 2.34. The highest BCUT2D eigenvalue weighted by molar-refractivity contribution is 5.74. The zero-order valence-electron chi connectivity index (χ0n) is 14.0. The number of para-hydroxylation sites is 1. The summed E-state index contributed by atoms with van der Waals surface area (Å²) in [6.07, 6.45) is -2.31. The number of ether oxygens (including phenoxy) is 1. The lowest BCUT2D eigenvalue weighted by molar-refractivity contribution is -0.143. The molecule has 1 aliphatic carbocycles. The summed E-state index contributed by atoms with van der Waals surface area (Å²) in [5, 5.41) is 14.2. The fraction of sp³-hybridized carbons (Fsp3) is 0.529. The average molecular weight is 374 g/mol. The summed E-state index contributed by atoms with van der Waals surface area (Å²) < 4.78 is 43.6. The Morgan fingerprint density at radius 3 is 2.42 bits per heavy atom. The molecule has 0 heterocycles. The number of aliphatic carboxylic acids is 1. The maximum absolute atomic E-state index is 12.8. The van der Waals surface area contributed by atoms with Crippen molar-refractivity contribution in [2.75, 3.05) is 13.2 Å². The number of amides is 2. The molecule has 1 aromatic carbocycles. The number of halogens is 3. The maximum Gasteiger partial charge on any atom is 0.419 e. The van der Waals surface area contributed by atoms with Crippen LogP contribution >= 0.6 is 0 Å². The number of carboxylic acid groups (broad SMARTS) is 1. The van der Waals surface area contributed by atoms with E-state index in [1.165, 1.54) is 18.2 Å². The van der Waals surface area contributed by atoms with Gasteiger partial charge in [-0.1, -0.05) is 12.1 Å². The first-order valence-corrected chi connectivity index (χ1v) is 8.33. The van der Waals surface area contributed by atoms with E-state index < -0.39 is 23.7 Å². The molecule has 0 bridgehead atoms. The fourth-order valence-electron chi connectivity index (χ4n) is 2.87. The number of carboxylic acids is 1. The number of urea groups is 1. The van der Waals surface area contributed by atoms with E-state index in [4.69, 9.17) is 9.84 Å². The number of rotatable bonds is 6. The Labute approximate surface area is 148 Å². The molecule has 0 atom stereocenters. The lowest BCUT2D eigenvalue weighted by atomic mass is 9.86. The van der Waals surface area contributed by atoms with E-state index in [2.05, 4.69) is 10.6 Å². The highest BCUT2D eigenvalue weighted by atomic mass is 19.4. The average Bonchev–Trinajstić information content (AvgIpc) is 2.58. The first-order chi connectivity index (χ1) is 12.3. The summed E-state index contributed by atoms with van der Waals surface area (Å²) in [4.78, 5) is 22.7. The van der Waals surface area contributed by atoms with E-state index in [1.807, 2.05) is 0 Å². The normalized spacial score (nSPS) is 20.3. The minimum absolute atomic E-state index is 0.0441. The van der Waals surface area contributed by atoms with Gasteiger partial charge in [0.15, 0.2) is 0 Å². The van der Waals surface area contributed by atoms with Crippen molar-refractivity contribution in [3.05, 3.63) is 29.8 Å². The minimum Gasteiger partial charge on any atom is -0.491 e. The predicted octanol–water partition coefficient (Wildman–Crippen LogP) is 3.03. The molecule has 0 spiro atoms. The Bertz CT molecular complexity index is 629.